The van der Waals surface area contributed by atoms with Crippen LogP contribution in [0.4, 0.5) is 5.95 Å². The summed E-state index contributed by atoms with van der Waals surface area (Å²) in [6.45, 7) is 1.93. The Labute approximate surface area is 138 Å². The predicted octanol–water partition coefficient (Wildman–Crippen LogP) is 3.62. The summed E-state index contributed by atoms with van der Waals surface area (Å²) in [7, 11) is 1.77. The van der Waals surface area contributed by atoms with Crippen molar-refractivity contribution in [1.82, 2.24) is 9.97 Å². The number of anilines is 1. The zero-order chi connectivity index (χ0) is 15.7. The van der Waals surface area contributed by atoms with Crippen molar-refractivity contribution in [1.29, 1.82) is 0 Å². The lowest BCUT2D eigenvalue weighted by Gasteiger charge is -2.28. The van der Waals surface area contributed by atoms with Crippen LogP contribution in [0.1, 0.15) is 31.4 Å². The highest BCUT2D eigenvalue weighted by atomic mass is 79.9. The molecule has 0 aliphatic heterocycles. The number of hydrogen-bond donors (Lipinski definition) is 1. The lowest BCUT2D eigenvalue weighted by Crippen LogP contribution is -2.27. The third kappa shape index (κ3) is 3.17. The maximum atomic E-state index is 6.22. The molecule has 0 spiro atoms. The summed E-state index contributed by atoms with van der Waals surface area (Å²) in [5, 5.41) is 0.962. The van der Waals surface area contributed by atoms with E-state index in [1.54, 1.807) is 7.11 Å². The Bertz CT molecular complexity index is 685. The van der Waals surface area contributed by atoms with Gasteiger partial charge in [0.2, 0.25) is 5.95 Å². The number of halogens is 1. The van der Waals surface area contributed by atoms with Crippen molar-refractivity contribution in [3.63, 3.8) is 0 Å². The summed E-state index contributed by atoms with van der Waals surface area (Å²) in [5.41, 5.74) is 7.43. The molecule has 1 aromatic heterocycles. The van der Waals surface area contributed by atoms with Crippen LogP contribution in [0.15, 0.2) is 16.6 Å². The summed E-state index contributed by atoms with van der Waals surface area (Å²) in [4.78, 5) is 8.60. The van der Waals surface area contributed by atoms with E-state index in [9.17, 15) is 0 Å². The van der Waals surface area contributed by atoms with Crippen LogP contribution in [0.2, 0.25) is 0 Å². The lowest BCUT2D eigenvalue weighted by atomic mass is 9.95. The molecule has 0 atom stereocenters. The number of rotatable bonds is 3. The molecule has 6 heteroatoms. The van der Waals surface area contributed by atoms with Gasteiger partial charge in [0, 0.05) is 17.0 Å². The second-order valence-electron chi connectivity index (χ2n) is 5.72. The van der Waals surface area contributed by atoms with Gasteiger partial charge in [0.15, 0.2) is 0 Å². The van der Waals surface area contributed by atoms with Crippen molar-refractivity contribution in [2.75, 3.05) is 12.8 Å². The number of benzene rings is 1. The molecule has 1 fully saturated rings. The van der Waals surface area contributed by atoms with Gasteiger partial charge in [-0.1, -0.05) is 15.9 Å². The molecule has 1 aromatic carbocycles. The summed E-state index contributed by atoms with van der Waals surface area (Å²) >= 11 is 3.53. The summed E-state index contributed by atoms with van der Waals surface area (Å²) in [6, 6.07) is 3.95. The third-order valence-electron chi connectivity index (χ3n) is 4.19. The molecular weight excluding hydrogens is 346 g/mol. The van der Waals surface area contributed by atoms with Crippen molar-refractivity contribution >= 4 is 32.8 Å². The molecule has 0 radical (unpaired) electrons. The van der Waals surface area contributed by atoms with Gasteiger partial charge >= 0.3 is 0 Å². The fourth-order valence-electron chi connectivity index (χ4n) is 2.99. The van der Waals surface area contributed by atoms with Gasteiger partial charge in [0.1, 0.15) is 11.3 Å². The van der Waals surface area contributed by atoms with Crippen LogP contribution < -0.4 is 10.5 Å². The average molecular weight is 366 g/mol. The summed E-state index contributed by atoms with van der Waals surface area (Å²) in [6.07, 6.45) is 4.60. The SMILES string of the molecule is COC1CCC(Oc2cc(Br)cc3c(C)nc(N)nc23)CC1. The number of nitrogens with zero attached hydrogens (tertiary/aromatic N) is 2. The van der Waals surface area contributed by atoms with Crippen LogP contribution in [0.25, 0.3) is 10.9 Å². The Morgan fingerprint density at radius 1 is 1.14 bits per heavy atom. The fraction of sp³-hybridized carbons (Fsp3) is 0.500. The first-order valence-electron chi connectivity index (χ1n) is 7.49. The van der Waals surface area contributed by atoms with Crippen LogP contribution >= 0.6 is 15.9 Å². The van der Waals surface area contributed by atoms with Gasteiger partial charge in [0.05, 0.1) is 17.9 Å². The molecule has 118 valence electrons. The molecule has 0 amide bonds. The highest BCUT2D eigenvalue weighted by Gasteiger charge is 2.23. The number of hydrogen-bond acceptors (Lipinski definition) is 5. The van der Waals surface area contributed by atoms with Crippen molar-refractivity contribution in [3.8, 4) is 5.75 Å². The van der Waals surface area contributed by atoms with E-state index in [0.29, 0.717) is 6.10 Å². The number of aryl methyl sites for hydroxylation is 1. The van der Waals surface area contributed by atoms with E-state index in [1.807, 2.05) is 19.1 Å². The molecule has 0 bridgehead atoms. The summed E-state index contributed by atoms with van der Waals surface area (Å²) in [5.74, 6) is 1.04. The molecule has 0 saturated heterocycles. The minimum absolute atomic E-state index is 0.195. The minimum atomic E-state index is 0.195. The second-order valence-corrected chi connectivity index (χ2v) is 6.64. The number of aromatic nitrogens is 2. The Morgan fingerprint density at radius 2 is 1.82 bits per heavy atom. The zero-order valence-electron chi connectivity index (χ0n) is 12.8. The van der Waals surface area contributed by atoms with E-state index in [2.05, 4.69) is 25.9 Å². The van der Waals surface area contributed by atoms with Gasteiger partial charge in [-0.05, 0) is 44.7 Å². The van der Waals surface area contributed by atoms with Gasteiger partial charge in [-0.15, -0.1) is 0 Å². The second kappa shape index (κ2) is 6.38. The molecule has 1 saturated carbocycles. The number of nitrogens with two attached hydrogens (primary N) is 1. The van der Waals surface area contributed by atoms with Crippen LogP contribution in [-0.2, 0) is 4.74 Å². The molecule has 1 heterocycles. The monoisotopic (exact) mass is 365 g/mol. The average Bonchev–Trinajstić information content (AvgIpc) is 2.49. The number of nitrogen functional groups attached to an aromatic ring is 1. The Morgan fingerprint density at radius 3 is 2.50 bits per heavy atom. The van der Waals surface area contributed by atoms with Gasteiger partial charge in [-0.25, -0.2) is 9.97 Å². The van der Waals surface area contributed by atoms with E-state index < -0.39 is 0 Å². The molecule has 3 rings (SSSR count). The van der Waals surface area contributed by atoms with E-state index in [1.165, 1.54) is 0 Å². The third-order valence-corrected chi connectivity index (χ3v) is 4.64. The highest BCUT2D eigenvalue weighted by molar-refractivity contribution is 9.10. The van der Waals surface area contributed by atoms with Crippen molar-refractivity contribution in [2.24, 2.45) is 0 Å². The number of ether oxygens (including phenoxy) is 2. The van der Waals surface area contributed by atoms with Crippen LogP contribution in [-0.4, -0.2) is 29.3 Å². The molecule has 1 aliphatic carbocycles. The van der Waals surface area contributed by atoms with Crippen molar-refractivity contribution < 1.29 is 9.47 Å². The molecule has 2 aromatic rings. The smallest absolute Gasteiger partial charge is 0.220 e. The number of fused-ring (bicyclic) bond motifs is 1. The first-order chi connectivity index (χ1) is 10.6. The van der Waals surface area contributed by atoms with Gasteiger partial charge in [0.25, 0.3) is 0 Å². The molecular formula is C16H20BrN3O2. The normalized spacial score (nSPS) is 22.0. The van der Waals surface area contributed by atoms with E-state index in [0.717, 1.165) is 52.5 Å². The van der Waals surface area contributed by atoms with Gasteiger partial charge in [-0.2, -0.15) is 0 Å². The van der Waals surface area contributed by atoms with E-state index in [4.69, 9.17) is 15.2 Å². The van der Waals surface area contributed by atoms with Gasteiger partial charge in [-0.3, -0.25) is 0 Å². The Balaban J connectivity index is 1.90. The van der Waals surface area contributed by atoms with Crippen LogP contribution in [0, 0.1) is 6.92 Å². The Hall–Kier alpha value is -1.40. The molecule has 22 heavy (non-hydrogen) atoms. The summed E-state index contributed by atoms with van der Waals surface area (Å²) < 4.78 is 12.6. The maximum absolute atomic E-state index is 6.22. The lowest BCUT2D eigenvalue weighted by molar-refractivity contribution is 0.0331. The maximum Gasteiger partial charge on any atom is 0.220 e. The Kier molecular flexibility index (Phi) is 4.49. The van der Waals surface area contributed by atoms with Crippen LogP contribution in [0.3, 0.4) is 0 Å². The van der Waals surface area contributed by atoms with Crippen LogP contribution in [0.5, 0.6) is 5.75 Å². The zero-order valence-corrected chi connectivity index (χ0v) is 14.4. The standard InChI is InChI=1S/C16H20BrN3O2/c1-9-13-7-10(17)8-14(15(13)20-16(18)19-9)22-12-5-3-11(21-2)4-6-12/h7-8,11-12H,3-6H2,1-2H3,(H2,18,19,20). The van der Waals surface area contributed by atoms with Crippen molar-refractivity contribution in [2.45, 2.75) is 44.8 Å². The minimum Gasteiger partial charge on any atom is -0.488 e. The molecule has 2 N–H and O–H groups in total. The first kappa shape index (κ1) is 15.5. The highest BCUT2D eigenvalue weighted by Crippen LogP contribution is 2.33. The predicted molar refractivity (Wildman–Crippen MR) is 90.1 cm³/mol. The first-order valence-corrected chi connectivity index (χ1v) is 8.29. The van der Waals surface area contributed by atoms with E-state index >= 15 is 0 Å². The number of methoxy groups -OCH3 is 1. The fourth-order valence-corrected chi connectivity index (χ4v) is 3.43. The van der Waals surface area contributed by atoms with Gasteiger partial charge < -0.3 is 15.2 Å². The topological polar surface area (TPSA) is 70.3 Å². The molecule has 5 nitrogen and oxygen atoms in total. The molecule has 1 aliphatic rings. The molecule has 0 unspecified atom stereocenters. The van der Waals surface area contributed by atoms with Crippen molar-refractivity contribution in [3.05, 3.63) is 22.3 Å². The largest absolute Gasteiger partial charge is 0.488 e. The quantitative estimate of drug-likeness (QED) is 0.899. The van der Waals surface area contributed by atoms with E-state index in [-0.39, 0.29) is 12.1 Å².